The highest BCUT2D eigenvalue weighted by Gasteiger charge is 3.67. The van der Waals surface area contributed by atoms with Gasteiger partial charge in [-0.15, -0.1) is 0 Å². The van der Waals surface area contributed by atoms with Gasteiger partial charge < -0.3 is 0 Å². The summed E-state index contributed by atoms with van der Waals surface area (Å²) >= 11 is 0. The van der Waals surface area contributed by atoms with Gasteiger partial charge in [0.1, 0.15) is 0 Å². The molecule has 20 spiro atoms. The van der Waals surface area contributed by atoms with Crippen molar-refractivity contribution in [3.63, 3.8) is 0 Å². The van der Waals surface area contributed by atoms with E-state index in [0.717, 1.165) is 108 Å². The highest BCUT2D eigenvalue weighted by molar-refractivity contribution is 6.11. The van der Waals surface area contributed by atoms with Crippen molar-refractivity contribution < 1.29 is 0 Å². The lowest BCUT2D eigenvalue weighted by Crippen LogP contribution is -3.64. The van der Waals surface area contributed by atoms with Crippen LogP contribution in [0.15, 0.2) is 0 Å². The van der Waals surface area contributed by atoms with Crippen LogP contribution in [0, 0.1) is 203 Å². The summed E-state index contributed by atoms with van der Waals surface area (Å²) in [5.41, 5.74) is 22.5. The highest BCUT2D eigenvalue weighted by atomic mass is 15.7. The van der Waals surface area contributed by atoms with Gasteiger partial charge in [0.2, 0.25) is 0 Å². The molecule has 0 aromatic heterocycles. The van der Waals surface area contributed by atoms with Gasteiger partial charge in [-0.2, -0.15) is 0 Å². The third kappa shape index (κ3) is 0.292. The van der Waals surface area contributed by atoms with E-state index in [2.05, 4.69) is 0 Å². The summed E-state index contributed by atoms with van der Waals surface area (Å²) in [5, 5.41) is 0. The molecule has 0 saturated heterocycles. The van der Waals surface area contributed by atoms with Crippen molar-refractivity contribution in [2.75, 3.05) is 0 Å². The fraction of sp³-hybridized carbons (Fsp3) is 1.00. The van der Waals surface area contributed by atoms with Gasteiger partial charge in [-0.3, -0.25) is 0 Å². The van der Waals surface area contributed by atoms with Crippen LogP contribution in [0.5, 0.6) is 0 Å². The molecule has 0 aliphatic heterocycles. The van der Waals surface area contributed by atoms with Crippen LogP contribution in [0.25, 0.3) is 0 Å². The van der Waals surface area contributed by atoms with Gasteiger partial charge in [0, 0.05) is 0 Å². The van der Waals surface area contributed by atoms with Gasteiger partial charge in [0.05, 0.1) is 0 Å². The normalized spacial score (nSPS) is 139. The molecule has 41 heavy (non-hydrogen) atoms. The lowest BCUT2D eigenvalue weighted by Gasteiger charge is -3.65. The Hall–Kier alpha value is 0. The second-order valence-electron chi connectivity index (χ2n) is 26.4. The molecule has 36 atom stereocenters. The predicted molar refractivity (Wildman–Crippen MR) is 128 cm³/mol. The molecule has 0 N–H and O–H groups in total. The molecule has 0 nitrogen and oxygen atoms in total. The summed E-state index contributed by atoms with van der Waals surface area (Å²) in [7, 11) is 0. The van der Waals surface area contributed by atoms with Crippen LogP contribution < -0.4 is 0 Å². The van der Waals surface area contributed by atoms with E-state index in [9.17, 15) is 0 Å². The van der Waals surface area contributed by atoms with Crippen molar-refractivity contribution in [2.45, 2.75) is 32.1 Å². The second kappa shape index (κ2) is 2.03. The Morgan fingerprint density at radius 1 is 0.268 bits per heavy atom. The lowest BCUT2D eigenvalue weighted by molar-refractivity contribution is -1.21. The quantitative estimate of drug-likeness (QED) is 0.456. The van der Waals surface area contributed by atoms with Crippen LogP contribution in [0.2, 0.25) is 0 Å². The molecule has 0 aromatic carbocycles. The zero-order chi connectivity index (χ0) is 22.8. The highest BCUT2D eigenvalue weighted by Crippen LogP contribution is 3.68. The van der Waals surface area contributed by atoms with Gasteiger partial charge in [0.15, 0.2) is 0 Å². The van der Waals surface area contributed by atoms with Gasteiger partial charge in [-0.05, 0) is 235 Å². The van der Waals surface area contributed by atoms with Crippen LogP contribution >= 0.6 is 0 Å². The van der Waals surface area contributed by atoms with E-state index in [1.807, 2.05) is 32.1 Å². The fourth-order valence-corrected chi connectivity index (χ4v) is 44.8. The maximum absolute atomic E-state index is 1.88. The van der Waals surface area contributed by atoms with Gasteiger partial charge >= 0.3 is 0 Å². The zero-order valence-electron chi connectivity index (χ0n) is 22.8. The molecule has 0 heteroatoms. The first-order valence-electron chi connectivity index (χ1n) is 20.3. The predicted octanol–water partition coefficient (Wildman–Crippen LogP) is 3.92. The minimum Gasteiger partial charge on any atom is -0.0458 e. The van der Waals surface area contributed by atoms with Gasteiger partial charge in [0.25, 0.3) is 0 Å². The molecule has 36 unspecified atom stereocenters. The molecule has 29 rings (SSSR count). The molecule has 0 radical (unpaired) electrons. The zero-order valence-corrected chi connectivity index (χ0v) is 22.8. The smallest absolute Gasteiger partial charge is 0.000395 e. The molecule has 29 aliphatic carbocycles. The Balaban J connectivity index is 0.975. The average molecular weight is 519 g/mol. The van der Waals surface area contributed by atoms with Crippen LogP contribution in [0.3, 0.4) is 0 Å². The Morgan fingerprint density at radius 2 is 0.610 bits per heavy atom. The molecule has 0 amide bonds. The Kier molecular flexibility index (Phi) is 0.683. The van der Waals surface area contributed by atoms with Crippen molar-refractivity contribution in [1.82, 2.24) is 0 Å². The first-order valence-corrected chi connectivity index (χ1v) is 20.3. The molecule has 29 fully saturated rings. The average Bonchev–Trinajstić information content (AvgIpc) is 2.82. The van der Waals surface area contributed by atoms with E-state index in [0.29, 0.717) is 0 Å². The first kappa shape index (κ1) is 13.8. The number of hydrogen-bond acceptors (Lipinski definition) is 0. The summed E-state index contributed by atoms with van der Waals surface area (Å²) in [6.07, 6.45) is 9.25. The lowest BCUT2D eigenvalue weighted by atomic mass is 8.37. The standard InChI is InChI=1S/C41H26/c1-6-14-12-4-22-5-13-20-17-9-2-7-15-16-8-3-11-19-21-18-10(1)23(6)28(14)26(12,22)36-27(13,22)34(20)31(17)24(7,9)29(15)30(16)25(8,11)33(19)35(21)32(18,23)37(28,36)41(35)39(30,33)38(29,31)40(34,36)41/h6-21H,1-5H2. The third-order valence-corrected chi connectivity index (χ3v) is 35.3. The van der Waals surface area contributed by atoms with Gasteiger partial charge in [-0.1, -0.05) is 0 Å². The molecule has 190 valence electrons. The van der Waals surface area contributed by atoms with Gasteiger partial charge in [-0.25, -0.2) is 0 Å². The van der Waals surface area contributed by atoms with E-state index in [-0.39, 0.29) is 0 Å². The minimum absolute atomic E-state index is 1.06. The van der Waals surface area contributed by atoms with E-state index >= 15 is 0 Å². The van der Waals surface area contributed by atoms with E-state index in [4.69, 9.17) is 0 Å². The molecule has 0 bridgehead atoms. The molecule has 29 saturated carbocycles. The Morgan fingerprint density at radius 3 is 1.17 bits per heavy atom. The van der Waals surface area contributed by atoms with Crippen LogP contribution in [-0.4, -0.2) is 0 Å². The SMILES string of the molecule is C1C2C3C4C5CC6C7C8C9C%10CC%11C%12C%13CC%14%15CC%16C%17C%18C1C21C32C43C56C74C85C96C%11%10C%127C%13%14C89C%16%15C%17%10C%181C21C34C5(C768)C%1091. The van der Waals surface area contributed by atoms with Crippen LogP contribution in [0.4, 0.5) is 0 Å². The number of fused-ring (bicyclic) bond motifs is 12. The molecule has 0 heterocycles. The topological polar surface area (TPSA) is 0 Å². The fourth-order valence-electron chi connectivity index (χ4n) is 44.8. The first-order chi connectivity index (χ1) is 20.3. The summed E-state index contributed by atoms with van der Waals surface area (Å²) in [4.78, 5) is 0. The second-order valence-corrected chi connectivity index (χ2v) is 26.4. The molecule has 0 aromatic rings. The van der Waals surface area contributed by atoms with Crippen molar-refractivity contribution in [1.29, 1.82) is 0 Å². The Labute approximate surface area is 234 Å². The minimum atomic E-state index is 1.06. The Bertz CT molecular complexity index is 2570. The summed E-state index contributed by atoms with van der Waals surface area (Å²) in [6, 6.07) is 0. The number of rotatable bonds is 0. The van der Waals surface area contributed by atoms with E-state index in [1.54, 1.807) is 0 Å². The summed E-state index contributed by atoms with van der Waals surface area (Å²) in [5.74, 6) is 22.1. The van der Waals surface area contributed by atoms with Crippen LogP contribution in [0.1, 0.15) is 32.1 Å². The maximum Gasteiger partial charge on any atom is -0.000395 e. The van der Waals surface area contributed by atoms with Crippen molar-refractivity contribution in [3.05, 3.63) is 0 Å². The maximum atomic E-state index is 1.88. The monoisotopic (exact) mass is 518 g/mol. The van der Waals surface area contributed by atoms with E-state index in [1.165, 1.54) is 94.7 Å². The van der Waals surface area contributed by atoms with Crippen LogP contribution in [-0.2, 0) is 0 Å². The van der Waals surface area contributed by atoms with Crippen molar-refractivity contribution in [3.8, 4) is 0 Å². The number of hydrogen-bond donors (Lipinski definition) is 0. The molecular weight excluding hydrogens is 492 g/mol. The summed E-state index contributed by atoms with van der Waals surface area (Å²) in [6.45, 7) is 0. The molecular formula is C41H26. The largest absolute Gasteiger partial charge is 0.0458 e. The summed E-state index contributed by atoms with van der Waals surface area (Å²) < 4.78 is 0. The molecule has 29 aliphatic rings. The van der Waals surface area contributed by atoms with Crippen molar-refractivity contribution in [2.24, 2.45) is 203 Å². The van der Waals surface area contributed by atoms with E-state index < -0.39 is 0 Å². The van der Waals surface area contributed by atoms with Crippen molar-refractivity contribution >= 4 is 0 Å². The third-order valence-electron chi connectivity index (χ3n) is 35.3.